The van der Waals surface area contributed by atoms with Crippen molar-refractivity contribution in [1.82, 2.24) is 0 Å². The Bertz CT molecular complexity index is 299. The number of carbonyl (C=O) groups is 2. The summed E-state index contributed by atoms with van der Waals surface area (Å²) in [7, 11) is 1.43. The molecule has 1 atom stereocenters. The van der Waals surface area contributed by atoms with Gasteiger partial charge in [0.05, 0.1) is 7.11 Å². The van der Waals surface area contributed by atoms with Crippen molar-refractivity contribution >= 4 is 23.5 Å². The molecule has 0 spiro atoms. The Morgan fingerprint density at radius 2 is 2.17 bits per heavy atom. The van der Waals surface area contributed by atoms with Crippen LogP contribution in [-0.4, -0.2) is 29.9 Å². The summed E-state index contributed by atoms with van der Waals surface area (Å²) in [4.78, 5) is 22.4. The first-order chi connectivity index (χ1) is 8.45. The van der Waals surface area contributed by atoms with E-state index in [1.54, 1.807) is 0 Å². The van der Waals surface area contributed by atoms with E-state index in [9.17, 15) is 9.59 Å². The van der Waals surface area contributed by atoms with Crippen molar-refractivity contribution in [3.05, 3.63) is 0 Å². The van der Waals surface area contributed by atoms with Gasteiger partial charge >= 0.3 is 5.97 Å². The number of hydrogen-bond acceptors (Lipinski definition) is 4. The Morgan fingerprint density at radius 1 is 1.44 bits per heavy atom. The lowest BCUT2D eigenvalue weighted by molar-refractivity contribution is -0.140. The van der Waals surface area contributed by atoms with Crippen LogP contribution in [0.5, 0.6) is 0 Å². The number of ketones is 1. The van der Waals surface area contributed by atoms with Gasteiger partial charge in [-0.05, 0) is 30.4 Å². The molecule has 1 rings (SSSR count). The Labute approximate surface area is 114 Å². The molecule has 0 aromatic heterocycles. The average Bonchev–Trinajstić information content (AvgIpc) is 2.29. The molecule has 0 saturated heterocycles. The van der Waals surface area contributed by atoms with Crippen molar-refractivity contribution in [2.75, 3.05) is 12.9 Å². The minimum atomic E-state index is -0.122. The predicted octanol–water partition coefficient (Wildman–Crippen LogP) is 3.21. The van der Waals surface area contributed by atoms with Gasteiger partial charge in [0.25, 0.3) is 0 Å². The molecule has 1 unspecified atom stereocenters. The van der Waals surface area contributed by atoms with Crippen molar-refractivity contribution < 1.29 is 14.3 Å². The van der Waals surface area contributed by atoms with Crippen LogP contribution in [0.2, 0.25) is 0 Å². The van der Waals surface area contributed by atoms with Crippen molar-refractivity contribution in [2.45, 2.75) is 57.6 Å². The molecule has 0 amide bonds. The van der Waals surface area contributed by atoms with E-state index < -0.39 is 0 Å². The average molecular weight is 272 g/mol. The maximum Gasteiger partial charge on any atom is 0.305 e. The Kier molecular flexibility index (Phi) is 6.19. The summed E-state index contributed by atoms with van der Waals surface area (Å²) < 4.78 is 4.61. The van der Waals surface area contributed by atoms with E-state index in [0.29, 0.717) is 23.9 Å². The van der Waals surface area contributed by atoms with Crippen LogP contribution in [0.3, 0.4) is 0 Å². The maximum atomic E-state index is 11.4. The largest absolute Gasteiger partial charge is 0.469 e. The van der Waals surface area contributed by atoms with Crippen LogP contribution in [-0.2, 0) is 14.3 Å². The number of esters is 1. The molecule has 1 aliphatic rings. The van der Waals surface area contributed by atoms with Crippen LogP contribution in [0.4, 0.5) is 0 Å². The summed E-state index contributed by atoms with van der Waals surface area (Å²) in [6.45, 7) is 4.38. The summed E-state index contributed by atoms with van der Waals surface area (Å²) in [5.74, 6) is 1.35. The Hall–Kier alpha value is -0.510. The lowest BCUT2D eigenvalue weighted by Gasteiger charge is -2.37. The monoisotopic (exact) mass is 272 g/mol. The fraction of sp³-hybridized carbons (Fsp3) is 0.857. The van der Waals surface area contributed by atoms with Gasteiger partial charge in [0.1, 0.15) is 5.78 Å². The first kappa shape index (κ1) is 15.5. The van der Waals surface area contributed by atoms with E-state index in [-0.39, 0.29) is 11.4 Å². The SMILES string of the molecule is COC(=O)CCCCSC1CCC(=O)CC1(C)C. The topological polar surface area (TPSA) is 43.4 Å². The van der Waals surface area contributed by atoms with Gasteiger partial charge in [0.2, 0.25) is 0 Å². The second-order valence-corrected chi connectivity index (χ2v) is 6.95. The zero-order chi connectivity index (χ0) is 13.6. The third kappa shape index (κ3) is 5.01. The summed E-state index contributed by atoms with van der Waals surface area (Å²) >= 11 is 1.96. The van der Waals surface area contributed by atoms with Crippen LogP contribution < -0.4 is 0 Å². The van der Waals surface area contributed by atoms with Crippen LogP contribution in [0.25, 0.3) is 0 Å². The highest BCUT2D eigenvalue weighted by molar-refractivity contribution is 7.99. The highest BCUT2D eigenvalue weighted by Crippen LogP contribution is 2.41. The Balaban J connectivity index is 2.19. The number of ether oxygens (including phenoxy) is 1. The lowest BCUT2D eigenvalue weighted by atomic mass is 9.76. The van der Waals surface area contributed by atoms with Crippen LogP contribution in [0, 0.1) is 5.41 Å². The van der Waals surface area contributed by atoms with Gasteiger partial charge in [0, 0.05) is 24.5 Å². The molecular weight excluding hydrogens is 248 g/mol. The molecule has 3 nitrogen and oxygen atoms in total. The smallest absolute Gasteiger partial charge is 0.305 e. The first-order valence-electron chi connectivity index (χ1n) is 6.66. The summed E-state index contributed by atoms with van der Waals surface area (Å²) in [5, 5.41) is 0.577. The Morgan fingerprint density at radius 3 is 2.78 bits per heavy atom. The molecule has 104 valence electrons. The van der Waals surface area contributed by atoms with Crippen LogP contribution >= 0.6 is 11.8 Å². The standard InChI is InChI=1S/C14H24O3S/c1-14(2)10-11(15)7-8-12(14)18-9-5-4-6-13(16)17-3/h12H,4-10H2,1-3H3. The van der Waals surface area contributed by atoms with E-state index in [1.807, 2.05) is 11.8 Å². The molecule has 1 saturated carbocycles. The summed E-state index contributed by atoms with van der Waals surface area (Å²) in [5.41, 5.74) is 0.127. The predicted molar refractivity (Wildman–Crippen MR) is 74.8 cm³/mol. The third-order valence-electron chi connectivity index (χ3n) is 3.53. The molecule has 0 aromatic rings. The second-order valence-electron chi connectivity index (χ2n) is 5.64. The minimum absolute atomic E-state index is 0.122. The highest BCUT2D eigenvalue weighted by atomic mass is 32.2. The number of rotatable bonds is 6. The minimum Gasteiger partial charge on any atom is -0.469 e. The summed E-state index contributed by atoms with van der Waals surface area (Å²) in [6.07, 6.45) is 4.92. The van der Waals surface area contributed by atoms with E-state index in [1.165, 1.54) is 7.11 Å². The van der Waals surface area contributed by atoms with E-state index in [0.717, 1.165) is 31.4 Å². The molecule has 0 N–H and O–H groups in total. The molecule has 4 heteroatoms. The van der Waals surface area contributed by atoms with Gasteiger partial charge in [0.15, 0.2) is 0 Å². The normalized spacial score (nSPS) is 22.8. The van der Waals surface area contributed by atoms with Crippen LogP contribution in [0.1, 0.15) is 52.4 Å². The number of methoxy groups -OCH3 is 1. The molecule has 0 aromatic carbocycles. The molecular formula is C14H24O3S. The van der Waals surface area contributed by atoms with Gasteiger partial charge in [-0.2, -0.15) is 11.8 Å². The van der Waals surface area contributed by atoms with Crippen molar-refractivity contribution in [1.29, 1.82) is 0 Å². The number of hydrogen-bond donors (Lipinski definition) is 0. The van der Waals surface area contributed by atoms with Gasteiger partial charge in [-0.15, -0.1) is 0 Å². The molecule has 0 bridgehead atoms. The number of Topliss-reactive ketones (excluding diaryl/α,β-unsaturated/α-hetero) is 1. The van der Waals surface area contributed by atoms with Crippen molar-refractivity contribution in [3.8, 4) is 0 Å². The fourth-order valence-corrected chi connectivity index (χ4v) is 3.88. The van der Waals surface area contributed by atoms with Gasteiger partial charge in [-0.1, -0.05) is 13.8 Å². The van der Waals surface area contributed by atoms with E-state index >= 15 is 0 Å². The summed E-state index contributed by atoms with van der Waals surface area (Å²) in [6, 6.07) is 0. The third-order valence-corrected chi connectivity index (χ3v) is 5.33. The quantitative estimate of drug-likeness (QED) is 0.550. The lowest BCUT2D eigenvalue weighted by Crippen LogP contribution is -2.34. The number of unbranched alkanes of at least 4 members (excludes halogenated alkanes) is 1. The van der Waals surface area contributed by atoms with E-state index in [4.69, 9.17) is 0 Å². The molecule has 0 heterocycles. The zero-order valence-corrected chi connectivity index (χ0v) is 12.5. The zero-order valence-electron chi connectivity index (χ0n) is 11.7. The van der Waals surface area contributed by atoms with Crippen LogP contribution in [0.15, 0.2) is 0 Å². The number of thioether (sulfide) groups is 1. The van der Waals surface area contributed by atoms with Crippen molar-refractivity contribution in [3.63, 3.8) is 0 Å². The van der Waals surface area contributed by atoms with Gasteiger partial charge in [-0.25, -0.2) is 0 Å². The first-order valence-corrected chi connectivity index (χ1v) is 7.70. The van der Waals surface area contributed by atoms with E-state index in [2.05, 4.69) is 18.6 Å². The second kappa shape index (κ2) is 7.17. The van der Waals surface area contributed by atoms with Gasteiger partial charge in [-0.3, -0.25) is 9.59 Å². The molecule has 1 aliphatic carbocycles. The molecule has 1 fully saturated rings. The van der Waals surface area contributed by atoms with Crippen molar-refractivity contribution in [2.24, 2.45) is 5.41 Å². The highest BCUT2D eigenvalue weighted by Gasteiger charge is 2.35. The van der Waals surface area contributed by atoms with Gasteiger partial charge < -0.3 is 4.74 Å². The molecule has 0 radical (unpaired) electrons. The molecule has 0 aliphatic heterocycles. The maximum absolute atomic E-state index is 11.4. The fourth-order valence-electron chi connectivity index (χ4n) is 2.40. The number of carbonyl (C=O) groups excluding carboxylic acids is 2. The molecule has 18 heavy (non-hydrogen) atoms.